The third kappa shape index (κ3) is 2.71. The molecule has 0 aromatic carbocycles. The van der Waals surface area contributed by atoms with E-state index in [-0.39, 0.29) is 12.0 Å². The summed E-state index contributed by atoms with van der Waals surface area (Å²) in [7, 11) is 0. The zero-order valence-electron chi connectivity index (χ0n) is 9.36. The fourth-order valence-corrected chi connectivity index (χ4v) is 2.17. The summed E-state index contributed by atoms with van der Waals surface area (Å²) in [5.41, 5.74) is 0. The molecule has 1 aliphatic heterocycles. The smallest absolute Gasteiger partial charge is 0.321 e. The van der Waals surface area contributed by atoms with Crippen LogP contribution < -0.4 is 0 Å². The van der Waals surface area contributed by atoms with Crippen LogP contribution in [0.3, 0.4) is 0 Å². The van der Waals surface area contributed by atoms with Gasteiger partial charge in [-0.3, -0.25) is 9.69 Å². The first-order valence-corrected chi connectivity index (χ1v) is 5.49. The highest BCUT2D eigenvalue weighted by Gasteiger charge is 2.30. The van der Waals surface area contributed by atoms with Crippen molar-refractivity contribution < 1.29 is 9.90 Å². The van der Waals surface area contributed by atoms with Crippen molar-refractivity contribution in [3.05, 3.63) is 0 Å². The van der Waals surface area contributed by atoms with E-state index in [0.717, 1.165) is 31.8 Å². The minimum absolute atomic E-state index is 0.195. The second kappa shape index (κ2) is 4.78. The van der Waals surface area contributed by atoms with Gasteiger partial charge in [0.1, 0.15) is 6.04 Å². The molecule has 0 unspecified atom stereocenters. The largest absolute Gasteiger partial charge is 0.480 e. The Morgan fingerprint density at radius 2 is 1.86 bits per heavy atom. The number of nitrogens with zero attached hydrogens (tertiary/aromatic N) is 1. The lowest BCUT2D eigenvalue weighted by Gasteiger charge is -2.36. The lowest BCUT2D eigenvalue weighted by atomic mass is 9.94. The number of carbonyl (C=O) groups is 1. The first kappa shape index (κ1) is 11.5. The Kier molecular flexibility index (Phi) is 3.93. The Hall–Kier alpha value is -0.570. The summed E-state index contributed by atoms with van der Waals surface area (Å²) in [5, 5.41) is 9.12. The van der Waals surface area contributed by atoms with Crippen molar-refractivity contribution in [2.24, 2.45) is 11.8 Å². The van der Waals surface area contributed by atoms with Gasteiger partial charge >= 0.3 is 5.97 Å². The van der Waals surface area contributed by atoms with Crippen molar-refractivity contribution in [1.82, 2.24) is 4.90 Å². The van der Waals surface area contributed by atoms with E-state index in [1.807, 2.05) is 13.8 Å². The molecule has 0 amide bonds. The molecule has 1 rings (SSSR count). The van der Waals surface area contributed by atoms with Crippen LogP contribution in [-0.4, -0.2) is 35.1 Å². The van der Waals surface area contributed by atoms with E-state index in [1.54, 1.807) is 0 Å². The van der Waals surface area contributed by atoms with Crippen LogP contribution >= 0.6 is 0 Å². The maximum atomic E-state index is 11.1. The predicted molar refractivity (Wildman–Crippen MR) is 56.2 cm³/mol. The molecule has 3 heteroatoms. The molecule has 1 saturated heterocycles. The Balaban J connectivity index is 2.56. The lowest BCUT2D eigenvalue weighted by molar-refractivity contribution is -0.145. The summed E-state index contributed by atoms with van der Waals surface area (Å²) in [6, 6.07) is -0.289. The van der Waals surface area contributed by atoms with Gasteiger partial charge in [-0.2, -0.15) is 0 Å². The normalized spacial score (nSPS) is 22.6. The summed E-state index contributed by atoms with van der Waals surface area (Å²) in [5.74, 6) is 0.281. The third-order valence-corrected chi connectivity index (χ3v) is 3.10. The topological polar surface area (TPSA) is 40.5 Å². The van der Waals surface area contributed by atoms with Crippen molar-refractivity contribution in [3.63, 3.8) is 0 Å². The van der Waals surface area contributed by atoms with E-state index in [1.165, 1.54) is 0 Å². The summed E-state index contributed by atoms with van der Waals surface area (Å²) in [4.78, 5) is 13.2. The van der Waals surface area contributed by atoms with Gasteiger partial charge in [-0.15, -0.1) is 0 Å². The van der Waals surface area contributed by atoms with E-state index >= 15 is 0 Å². The molecule has 0 saturated carbocycles. The molecule has 1 atom stereocenters. The second-order valence-electron chi connectivity index (χ2n) is 4.75. The summed E-state index contributed by atoms with van der Waals surface area (Å²) in [6.45, 7) is 8.09. The molecule has 3 nitrogen and oxygen atoms in total. The first-order valence-electron chi connectivity index (χ1n) is 5.49. The van der Waals surface area contributed by atoms with Crippen LogP contribution in [0.4, 0.5) is 0 Å². The molecule has 1 heterocycles. The quantitative estimate of drug-likeness (QED) is 0.754. The number of aliphatic carboxylic acids is 1. The van der Waals surface area contributed by atoms with Gasteiger partial charge in [-0.05, 0) is 37.8 Å². The van der Waals surface area contributed by atoms with Gasteiger partial charge in [0.2, 0.25) is 0 Å². The Morgan fingerprint density at radius 3 is 2.21 bits per heavy atom. The fraction of sp³-hybridized carbons (Fsp3) is 0.909. The molecule has 82 valence electrons. The molecule has 0 aromatic heterocycles. The van der Waals surface area contributed by atoms with Crippen molar-refractivity contribution in [1.29, 1.82) is 0 Å². The average Bonchev–Trinajstić information content (AvgIpc) is 2.07. The second-order valence-corrected chi connectivity index (χ2v) is 4.75. The molecule has 0 spiro atoms. The monoisotopic (exact) mass is 199 g/mol. The molecular weight excluding hydrogens is 178 g/mol. The van der Waals surface area contributed by atoms with Crippen LogP contribution in [0.1, 0.15) is 33.6 Å². The lowest BCUT2D eigenvalue weighted by Crippen LogP contribution is -2.48. The first-order chi connectivity index (χ1) is 6.52. The molecule has 0 aromatic rings. The van der Waals surface area contributed by atoms with Gasteiger partial charge < -0.3 is 5.11 Å². The van der Waals surface area contributed by atoms with E-state index < -0.39 is 5.97 Å². The Bertz CT molecular complexity index is 195. The molecule has 0 radical (unpaired) electrons. The van der Waals surface area contributed by atoms with Crippen LogP contribution in [0.2, 0.25) is 0 Å². The Labute approximate surface area is 86.1 Å². The van der Waals surface area contributed by atoms with Crippen LogP contribution in [0.25, 0.3) is 0 Å². The summed E-state index contributed by atoms with van der Waals surface area (Å²) in [6.07, 6.45) is 2.27. The number of hydrogen-bond donors (Lipinski definition) is 1. The number of piperidine rings is 1. The highest BCUT2D eigenvalue weighted by Crippen LogP contribution is 2.21. The fourth-order valence-electron chi connectivity index (χ4n) is 2.17. The molecule has 1 N–H and O–H groups in total. The minimum Gasteiger partial charge on any atom is -0.480 e. The zero-order chi connectivity index (χ0) is 10.7. The van der Waals surface area contributed by atoms with Gasteiger partial charge in [-0.1, -0.05) is 20.8 Å². The maximum Gasteiger partial charge on any atom is 0.321 e. The highest BCUT2D eigenvalue weighted by molar-refractivity contribution is 5.73. The van der Waals surface area contributed by atoms with Gasteiger partial charge in [0, 0.05) is 0 Å². The van der Waals surface area contributed by atoms with Gasteiger partial charge in [0.05, 0.1) is 0 Å². The standard InChI is InChI=1S/C11H21NO2/c1-8(2)10(11(13)14)12-6-4-9(3)5-7-12/h8-10H,4-7H2,1-3H3,(H,13,14)/t10-/m0/s1. The van der Waals surface area contributed by atoms with Gasteiger partial charge in [0.25, 0.3) is 0 Å². The summed E-state index contributed by atoms with van der Waals surface area (Å²) < 4.78 is 0. The van der Waals surface area contributed by atoms with Crippen LogP contribution in [0, 0.1) is 11.8 Å². The van der Waals surface area contributed by atoms with Crippen LogP contribution in [0.5, 0.6) is 0 Å². The molecule has 1 aliphatic rings. The van der Waals surface area contributed by atoms with Crippen LogP contribution in [0.15, 0.2) is 0 Å². The highest BCUT2D eigenvalue weighted by atomic mass is 16.4. The number of hydrogen-bond acceptors (Lipinski definition) is 2. The van der Waals surface area contributed by atoms with Gasteiger partial charge in [-0.25, -0.2) is 0 Å². The molecule has 14 heavy (non-hydrogen) atoms. The van der Waals surface area contributed by atoms with Crippen molar-refractivity contribution in [3.8, 4) is 0 Å². The van der Waals surface area contributed by atoms with Gasteiger partial charge in [0.15, 0.2) is 0 Å². The zero-order valence-corrected chi connectivity index (χ0v) is 9.36. The number of carboxylic acid groups (broad SMARTS) is 1. The summed E-state index contributed by atoms with van der Waals surface area (Å²) >= 11 is 0. The molecular formula is C11H21NO2. The SMILES string of the molecule is CC1CCN([C@H](C(=O)O)C(C)C)CC1. The molecule has 0 bridgehead atoms. The minimum atomic E-state index is -0.672. The number of rotatable bonds is 3. The van der Waals surface area contributed by atoms with E-state index in [4.69, 9.17) is 5.11 Å². The number of likely N-dealkylation sites (tertiary alicyclic amines) is 1. The molecule has 1 fully saturated rings. The van der Waals surface area contributed by atoms with Crippen molar-refractivity contribution in [2.45, 2.75) is 39.7 Å². The number of carboxylic acids is 1. The van der Waals surface area contributed by atoms with E-state index in [9.17, 15) is 4.79 Å². The average molecular weight is 199 g/mol. The molecule has 0 aliphatic carbocycles. The van der Waals surface area contributed by atoms with E-state index in [0.29, 0.717) is 0 Å². The third-order valence-electron chi connectivity index (χ3n) is 3.10. The Morgan fingerprint density at radius 1 is 1.36 bits per heavy atom. The van der Waals surface area contributed by atoms with Crippen LogP contribution in [-0.2, 0) is 4.79 Å². The maximum absolute atomic E-state index is 11.1. The van der Waals surface area contributed by atoms with E-state index in [2.05, 4.69) is 11.8 Å². The predicted octanol–water partition coefficient (Wildman–Crippen LogP) is 1.83. The van der Waals surface area contributed by atoms with Crippen molar-refractivity contribution >= 4 is 5.97 Å². The van der Waals surface area contributed by atoms with Crippen molar-refractivity contribution in [2.75, 3.05) is 13.1 Å².